The summed E-state index contributed by atoms with van der Waals surface area (Å²) in [7, 11) is 0. The first-order valence-electron chi connectivity index (χ1n) is 7.13. The van der Waals surface area contributed by atoms with Crippen LogP contribution in [0.2, 0.25) is 0 Å². The smallest absolute Gasteiger partial charge is 0.442 e. The third-order valence-electron chi connectivity index (χ3n) is 2.54. The summed E-state index contributed by atoms with van der Waals surface area (Å²) in [5.41, 5.74) is -3.55. The first-order valence-corrected chi connectivity index (χ1v) is 8.93. The first-order chi connectivity index (χ1) is 11.7. The minimum Gasteiger partial charge on any atom is -0.463 e. The van der Waals surface area contributed by atoms with Crippen molar-refractivity contribution in [2.24, 2.45) is 0 Å². The summed E-state index contributed by atoms with van der Waals surface area (Å²) in [6.45, 7) is 4.07. The lowest BCUT2D eigenvalue weighted by Gasteiger charge is -2.33. The maximum absolute atomic E-state index is 13.7. The second-order valence-electron chi connectivity index (χ2n) is 4.24. The molecular weight excluding hydrogens is 385 g/mol. The van der Waals surface area contributed by atoms with Crippen LogP contribution in [-0.4, -0.2) is 53.1 Å². The van der Waals surface area contributed by atoms with Gasteiger partial charge in [0.1, 0.15) is 0 Å². The Morgan fingerprint density at radius 3 is 2.32 bits per heavy atom. The standard InChI is InChI=1S/C12H17F3N4O4S2/c1-4-22-7(20)11(12(13,14)15,17-9(21)23-5-2)16-8-18-19-10(25-8)24-6-3/h4-6H2,1-3H3,(H,16,18)(H,17,21). The molecule has 0 spiro atoms. The van der Waals surface area contributed by atoms with Crippen molar-refractivity contribution in [1.82, 2.24) is 15.5 Å². The van der Waals surface area contributed by atoms with Crippen LogP contribution in [0, 0.1) is 0 Å². The molecule has 0 aliphatic heterocycles. The van der Waals surface area contributed by atoms with Gasteiger partial charge in [0.05, 0.1) is 13.2 Å². The number of anilines is 1. The van der Waals surface area contributed by atoms with Crippen LogP contribution in [-0.2, 0) is 14.3 Å². The number of esters is 1. The number of amides is 1. The van der Waals surface area contributed by atoms with Gasteiger partial charge < -0.3 is 14.8 Å². The number of hydrogen-bond donors (Lipinski definition) is 2. The Bertz CT molecular complexity index is 599. The first kappa shape index (κ1) is 21.3. The van der Waals surface area contributed by atoms with Gasteiger partial charge in [-0.1, -0.05) is 30.0 Å². The molecule has 1 atom stereocenters. The molecule has 25 heavy (non-hydrogen) atoms. The highest BCUT2D eigenvalue weighted by atomic mass is 32.2. The molecule has 0 radical (unpaired) electrons. The van der Waals surface area contributed by atoms with Gasteiger partial charge in [-0.3, -0.25) is 5.32 Å². The number of alkyl halides is 3. The van der Waals surface area contributed by atoms with Crippen LogP contribution >= 0.6 is 23.1 Å². The summed E-state index contributed by atoms with van der Waals surface area (Å²) in [6.07, 6.45) is -6.68. The molecular formula is C12H17F3N4O4S2. The summed E-state index contributed by atoms with van der Waals surface area (Å²) < 4.78 is 50.5. The average molecular weight is 402 g/mol. The Balaban J connectivity index is 3.25. The van der Waals surface area contributed by atoms with Gasteiger partial charge in [0.15, 0.2) is 4.34 Å². The van der Waals surface area contributed by atoms with E-state index in [9.17, 15) is 22.8 Å². The summed E-state index contributed by atoms with van der Waals surface area (Å²) >= 11 is 2.07. The molecule has 0 saturated carbocycles. The normalized spacial score (nSPS) is 13.7. The average Bonchev–Trinajstić information content (AvgIpc) is 2.93. The molecule has 1 unspecified atom stereocenters. The summed E-state index contributed by atoms with van der Waals surface area (Å²) in [4.78, 5) is 23.7. The summed E-state index contributed by atoms with van der Waals surface area (Å²) in [6, 6.07) is 0. The van der Waals surface area contributed by atoms with Crippen molar-refractivity contribution in [3.63, 3.8) is 0 Å². The van der Waals surface area contributed by atoms with Crippen LogP contribution in [0.3, 0.4) is 0 Å². The molecule has 1 aromatic heterocycles. The van der Waals surface area contributed by atoms with Crippen LogP contribution < -0.4 is 10.6 Å². The number of thioether (sulfide) groups is 1. The van der Waals surface area contributed by atoms with E-state index in [0.717, 1.165) is 11.3 Å². The van der Waals surface area contributed by atoms with E-state index in [4.69, 9.17) is 0 Å². The highest BCUT2D eigenvalue weighted by Crippen LogP contribution is 2.35. The summed E-state index contributed by atoms with van der Waals surface area (Å²) in [5, 5.41) is 10.4. The molecule has 2 N–H and O–H groups in total. The number of halogens is 3. The van der Waals surface area contributed by atoms with Crippen LogP contribution in [0.25, 0.3) is 0 Å². The Morgan fingerprint density at radius 2 is 1.80 bits per heavy atom. The Labute approximate surface area is 149 Å². The van der Waals surface area contributed by atoms with E-state index in [1.54, 1.807) is 0 Å². The zero-order chi connectivity index (χ0) is 19.1. The quantitative estimate of drug-likeness (QED) is 0.389. The van der Waals surface area contributed by atoms with E-state index >= 15 is 0 Å². The monoisotopic (exact) mass is 402 g/mol. The van der Waals surface area contributed by atoms with E-state index in [1.807, 2.05) is 12.2 Å². The number of aromatic nitrogens is 2. The van der Waals surface area contributed by atoms with Gasteiger partial charge in [0, 0.05) is 0 Å². The second kappa shape index (κ2) is 9.08. The van der Waals surface area contributed by atoms with E-state index in [2.05, 4.69) is 19.7 Å². The lowest BCUT2D eigenvalue weighted by atomic mass is 10.1. The van der Waals surface area contributed by atoms with Gasteiger partial charge >= 0.3 is 23.9 Å². The lowest BCUT2D eigenvalue weighted by molar-refractivity contribution is -0.205. The number of rotatable bonds is 8. The number of hydrogen-bond acceptors (Lipinski definition) is 9. The van der Waals surface area contributed by atoms with Crippen molar-refractivity contribution in [2.45, 2.75) is 37.0 Å². The SMILES string of the molecule is CCOC(=O)NC(Nc1nnc(SCC)s1)(C(=O)OCC)C(F)(F)F. The molecule has 0 aliphatic rings. The maximum atomic E-state index is 13.7. The molecule has 1 amide bonds. The van der Waals surface area contributed by atoms with E-state index in [0.29, 0.717) is 10.1 Å². The highest BCUT2D eigenvalue weighted by Gasteiger charge is 2.64. The van der Waals surface area contributed by atoms with Gasteiger partial charge in [-0.25, -0.2) is 9.59 Å². The maximum Gasteiger partial charge on any atom is 0.442 e. The van der Waals surface area contributed by atoms with Crippen molar-refractivity contribution in [2.75, 3.05) is 24.3 Å². The van der Waals surface area contributed by atoms with Gasteiger partial charge in [-0.15, -0.1) is 10.2 Å². The molecule has 1 aromatic rings. The molecule has 0 saturated heterocycles. The largest absolute Gasteiger partial charge is 0.463 e. The number of ether oxygens (including phenoxy) is 2. The van der Waals surface area contributed by atoms with Gasteiger partial charge in [0.2, 0.25) is 5.13 Å². The number of carbonyl (C=O) groups is 2. The number of carbonyl (C=O) groups excluding carboxylic acids is 2. The molecule has 142 valence electrons. The van der Waals surface area contributed by atoms with E-state index in [1.165, 1.54) is 30.9 Å². The minimum absolute atomic E-state index is 0.182. The van der Waals surface area contributed by atoms with Crippen LogP contribution in [0.15, 0.2) is 4.34 Å². The predicted octanol–water partition coefficient (Wildman–Crippen LogP) is 2.63. The van der Waals surface area contributed by atoms with E-state index in [-0.39, 0.29) is 18.3 Å². The van der Waals surface area contributed by atoms with Crippen molar-refractivity contribution in [1.29, 1.82) is 0 Å². The molecule has 1 rings (SSSR count). The van der Waals surface area contributed by atoms with Crippen molar-refractivity contribution >= 4 is 40.3 Å². The number of nitrogens with zero attached hydrogens (tertiary/aromatic N) is 2. The zero-order valence-electron chi connectivity index (χ0n) is 13.6. The van der Waals surface area contributed by atoms with Crippen molar-refractivity contribution < 1.29 is 32.2 Å². The molecule has 8 nitrogen and oxygen atoms in total. The van der Waals surface area contributed by atoms with Gasteiger partial charge in [0.25, 0.3) is 0 Å². The Morgan fingerprint density at radius 1 is 1.16 bits per heavy atom. The third-order valence-corrected chi connectivity index (χ3v) is 4.39. The fourth-order valence-corrected chi connectivity index (χ4v) is 3.26. The second-order valence-corrected chi connectivity index (χ2v) is 6.73. The molecule has 0 aliphatic carbocycles. The lowest BCUT2D eigenvalue weighted by Crippen LogP contribution is -2.69. The predicted molar refractivity (Wildman–Crippen MR) is 85.5 cm³/mol. The topological polar surface area (TPSA) is 102 Å². The van der Waals surface area contributed by atoms with Gasteiger partial charge in [-0.2, -0.15) is 13.2 Å². The third kappa shape index (κ3) is 5.36. The van der Waals surface area contributed by atoms with E-state index < -0.39 is 23.9 Å². The molecule has 0 bridgehead atoms. The highest BCUT2D eigenvalue weighted by molar-refractivity contribution is 8.01. The minimum atomic E-state index is -5.24. The van der Waals surface area contributed by atoms with Crippen LogP contribution in [0.5, 0.6) is 0 Å². The fourth-order valence-electron chi connectivity index (χ4n) is 1.55. The van der Waals surface area contributed by atoms with Crippen molar-refractivity contribution in [3.8, 4) is 0 Å². The molecule has 0 fully saturated rings. The molecule has 0 aromatic carbocycles. The zero-order valence-corrected chi connectivity index (χ0v) is 15.2. The number of alkyl carbamates (subject to hydrolysis) is 1. The Hall–Kier alpha value is -1.76. The van der Waals surface area contributed by atoms with Crippen LogP contribution in [0.4, 0.5) is 23.1 Å². The van der Waals surface area contributed by atoms with Crippen LogP contribution in [0.1, 0.15) is 20.8 Å². The molecule has 13 heteroatoms. The number of nitrogens with one attached hydrogen (secondary N) is 2. The fraction of sp³-hybridized carbons (Fsp3) is 0.667. The summed E-state index contributed by atoms with van der Waals surface area (Å²) in [5.74, 6) is -1.10. The Kier molecular flexibility index (Phi) is 7.73. The van der Waals surface area contributed by atoms with Gasteiger partial charge in [-0.05, 0) is 19.6 Å². The van der Waals surface area contributed by atoms with Crippen molar-refractivity contribution in [3.05, 3.63) is 0 Å². The molecule has 1 heterocycles.